The number of fused-ring (bicyclic) bond motifs is 1. The van der Waals surface area contributed by atoms with Crippen LogP contribution in [0.3, 0.4) is 0 Å². The number of aromatic nitrogens is 2. The summed E-state index contributed by atoms with van der Waals surface area (Å²) in [5.41, 5.74) is -0.122. The van der Waals surface area contributed by atoms with E-state index in [-0.39, 0.29) is 0 Å². The summed E-state index contributed by atoms with van der Waals surface area (Å²) < 4.78 is 13.5. The zero-order valence-electron chi connectivity index (χ0n) is 10.8. The summed E-state index contributed by atoms with van der Waals surface area (Å²) in [6, 6.07) is 2.56. The van der Waals surface area contributed by atoms with Crippen molar-refractivity contribution in [3.05, 3.63) is 50.8 Å². The molecule has 0 unspecified atom stereocenters. The molecule has 0 saturated heterocycles. The lowest BCUT2D eigenvalue weighted by Gasteiger charge is -2.18. The van der Waals surface area contributed by atoms with Gasteiger partial charge in [-0.25, -0.2) is 4.39 Å². The molecule has 2 N–H and O–H groups in total. The fraction of sp³-hybridized carbons (Fsp3) is 0.308. The van der Waals surface area contributed by atoms with Crippen LogP contribution in [-0.4, -0.2) is 21.4 Å². The molecule has 0 fully saturated rings. The molecule has 0 atom stereocenters. The lowest BCUT2D eigenvalue weighted by Crippen LogP contribution is -2.29. The Balaban J connectivity index is 2.62. The molecule has 19 heavy (non-hydrogen) atoms. The van der Waals surface area contributed by atoms with Gasteiger partial charge in [-0.3, -0.25) is 14.5 Å². The van der Waals surface area contributed by atoms with Crippen molar-refractivity contribution in [1.82, 2.24) is 14.9 Å². The van der Waals surface area contributed by atoms with E-state index < -0.39 is 16.9 Å². The van der Waals surface area contributed by atoms with Gasteiger partial charge in [-0.05, 0) is 31.2 Å². The molecule has 1 aromatic heterocycles. The molecule has 6 heteroatoms. The number of aromatic amines is 2. The second kappa shape index (κ2) is 5.36. The third-order valence-corrected chi connectivity index (χ3v) is 3.02. The highest BCUT2D eigenvalue weighted by atomic mass is 19.1. The average molecular weight is 264 g/mol. The second-order valence-corrected chi connectivity index (χ2v) is 4.22. The van der Waals surface area contributed by atoms with E-state index in [0.29, 0.717) is 23.1 Å². The summed E-state index contributed by atoms with van der Waals surface area (Å²) in [6.07, 6.45) is 0. The SMILES string of the molecule is C[CH]N(CC)Cc1cc(F)cc2[nH]c(=O)c(=O)[nH]c12. The van der Waals surface area contributed by atoms with Crippen molar-refractivity contribution in [3.63, 3.8) is 0 Å². The molecule has 101 valence electrons. The molecule has 0 aliphatic heterocycles. The molecule has 0 saturated carbocycles. The van der Waals surface area contributed by atoms with Gasteiger partial charge < -0.3 is 9.97 Å². The van der Waals surface area contributed by atoms with Crippen LogP contribution in [0.4, 0.5) is 4.39 Å². The van der Waals surface area contributed by atoms with Crippen LogP contribution in [0.1, 0.15) is 19.4 Å². The predicted octanol–water partition coefficient (Wildman–Crippen LogP) is 1.36. The number of hydrogen-bond donors (Lipinski definition) is 2. The van der Waals surface area contributed by atoms with E-state index in [2.05, 4.69) is 9.97 Å². The lowest BCUT2D eigenvalue weighted by molar-refractivity contribution is 0.348. The standard InChI is InChI=1S/C13H15FN3O2/c1-3-17(4-2)7-8-5-9(14)6-10-11(8)16-13(19)12(18)15-10/h3,5-6H,4,7H2,1-2H3,(H,15,18)(H,16,19). The summed E-state index contributed by atoms with van der Waals surface area (Å²) in [5.74, 6) is -0.447. The van der Waals surface area contributed by atoms with Gasteiger partial charge in [0.1, 0.15) is 5.82 Å². The van der Waals surface area contributed by atoms with Gasteiger partial charge in [-0.1, -0.05) is 6.92 Å². The maximum absolute atomic E-state index is 13.5. The quantitative estimate of drug-likeness (QED) is 0.819. The van der Waals surface area contributed by atoms with Crippen LogP contribution in [0.2, 0.25) is 0 Å². The Kier molecular flexibility index (Phi) is 3.80. The minimum atomic E-state index is -0.779. The summed E-state index contributed by atoms with van der Waals surface area (Å²) in [4.78, 5) is 29.5. The van der Waals surface area contributed by atoms with E-state index >= 15 is 0 Å². The summed E-state index contributed by atoms with van der Waals surface area (Å²) in [5, 5.41) is 0. The lowest BCUT2D eigenvalue weighted by atomic mass is 10.1. The first-order chi connectivity index (χ1) is 9.05. The molecular formula is C13H15FN3O2. The number of nitrogens with zero attached hydrogens (tertiary/aromatic N) is 1. The highest BCUT2D eigenvalue weighted by Gasteiger charge is 2.10. The van der Waals surface area contributed by atoms with E-state index in [4.69, 9.17) is 0 Å². The Morgan fingerprint density at radius 1 is 1.26 bits per heavy atom. The van der Waals surface area contributed by atoms with Crippen molar-refractivity contribution < 1.29 is 4.39 Å². The smallest absolute Gasteiger partial charge is 0.314 e. The molecule has 2 aromatic rings. The number of H-pyrrole nitrogens is 2. The summed E-state index contributed by atoms with van der Waals surface area (Å²) >= 11 is 0. The third-order valence-electron chi connectivity index (χ3n) is 3.02. The van der Waals surface area contributed by atoms with Crippen LogP contribution in [0.25, 0.3) is 11.0 Å². The van der Waals surface area contributed by atoms with Gasteiger partial charge in [0.05, 0.1) is 11.0 Å². The molecule has 1 radical (unpaired) electrons. The van der Waals surface area contributed by atoms with Crippen molar-refractivity contribution in [1.29, 1.82) is 0 Å². The average Bonchev–Trinajstić information content (AvgIpc) is 2.38. The largest absolute Gasteiger partial charge is 0.316 e. The minimum absolute atomic E-state index is 0.298. The normalized spacial score (nSPS) is 11.4. The Hall–Kier alpha value is -1.95. The number of benzene rings is 1. The van der Waals surface area contributed by atoms with Crippen LogP contribution in [-0.2, 0) is 6.54 Å². The Bertz CT molecular complexity index is 701. The Labute approximate surface area is 109 Å². The van der Waals surface area contributed by atoms with E-state index in [1.165, 1.54) is 12.1 Å². The first-order valence-corrected chi connectivity index (χ1v) is 6.03. The van der Waals surface area contributed by atoms with Crippen LogP contribution in [0.5, 0.6) is 0 Å². The highest BCUT2D eigenvalue weighted by molar-refractivity contribution is 5.77. The zero-order valence-corrected chi connectivity index (χ0v) is 10.8. The molecule has 0 bridgehead atoms. The number of rotatable bonds is 4. The van der Waals surface area contributed by atoms with Gasteiger partial charge >= 0.3 is 11.1 Å². The third kappa shape index (κ3) is 2.73. The second-order valence-electron chi connectivity index (χ2n) is 4.22. The van der Waals surface area contributed by atoms with Crippen molar-refractivity contribution in [3.8, 4) is 0 Å². The van der Waals surface area contributed by atoms with Gasteiger partial charge in [-0.2, -0.15) is 0 Å². The zero-order chi connectivity index (χ0) is 14.0. The van der Waals surface area contributed by atoms with E-state index in [1.54, 1.807) is 0 Å². The van der Waals surface area contributed by atoms with Gasteiger partial charge in [-0.15, -0.1) is 0 Å². The van der Waals surface area contributed by atoms with Crippen LogP contribution in [0, 0.1) is 12.4 Å². The van der Waals surface area contributed by atoms with Crippen LogP contribution in [0.15, 0.2) is 21.7 Å². The van der Waals surface area contributed by atoms with Crippen molar-refractivity contribution in [2.24, 2.45) is 0 Å². The van der Waals surface area contributed by atoms with Crippen molar-refractivity contribution in [2.75, 3.05) is 6.54 Å². The minimum Gasteiger partial charge on any atom is -0.316 e. The topological polar surface area (TPSA) is 69.0 Å². The molecular weight excluding hydrogens is 249 g/mol. The molecule has 0 spiro atoms. The van der Waals surface area contributed by atoms with Crippen molar-refractivity contribution in [2.45, 2.75) is 20.4 Å². The summed E-state index contributed by atoms with van der Waals surface area (Å²) in [6.45, 7) is 6.98. The molecule has 1 aromatic carbocycles. The Morgan fingerprint density at radius 2 is 1.95 bits per heavy atom. The number of halogens is 1. The molecule has 2 rings (SSSR count). The number of nitrogens with one attached hydrogen (secondary N) is 2. The monoisotopic (exact) mass is 264 g/mol. The first kappa shape index (κ1) is 13.5. The van der Waals surface area contributed by atoms with E-state index in [9.17, 15) is 14.0 Å². The van der Waals surface area contributed by atoms with Crippen LogP contribution < -0.4 is 11.1 Å². The van der Waals surface area contributed by atoms with Crippen LogP contribution >= 0.6 is 0 Å². The maximum atomic E-state index is 13.5. The maximum Gasteiger partial charge on any atom is 0.314 e. The Morgan fingerprint density at radius 3 is 2.58 bits per heavy atom. The van der Waals surface area contributed by atoms with E-state index in [0.717, 1.165) is 6.54 Å². The molecule has 5 nitrogen and oxygen atoms in total. The van der Waals surface area contributed by atoms with Gasteiger partial charge in [0, 0.05) is 13.1 Å². The molecule has 1 heterocycles. The van der Waals surface area contributed by atoms with Crippen molar-refractivity contribution >= 4 is 11.0 Å². The fourth-order valence-corrected chi connectivity index (χ4v) is 1.99. The molecule has 0 aliphatic rings. The van der Waals surface area contributed by atoms with Gasteiger partial charge in [0.2, 0.25) is 0 Å². The summed E-state index contributed by atoms with van der Waals surface area (Å²) in [7, 11) is 0. The van der Waals surface area contributed by atoms with E-state index in [1.807, 2.05) is 25.3 Å². The fourth-order valence-electron chi connectivity index (χ4n) is 1.99. The van der Waals surface area contributed by atoms with Gasteiger partial charge in [0.15, 0.2) is 0 Å². The predicted molar refractivity (Wildman–Crippen MR) is 71.2 cm³/mol. The molecule has 0 amide bonds. The number of hydrogen-bond acceptors (Lipinski definition) is 3. The first-order valence-electron chi connectivity index (χ1n) is 6.03. The molecule has 0 aliphatic carbocycles. The van der Waals surface area contributed by atoms with Gasteiger partial charge in [0.25, 0.3) is 0 Å². The highest BCUT2D eigenvalue weighted by Crippen LogP contribution is 2.17.